The van der Waals surface area contributed by atoms with Gasteiger partial charge in [0.05, 0.1) is 65.9 Å². The Kier molecular flexibility index (Phi) is 25.9. The van der Waals surface area contributed by atoms with E-state index in [4.69, 9.17) is 0 Å². The van der Waals surface area contributed by atoms with E-state index in [1.807, 2.05) is 0 Å². The minimum Gasteiger partial charge on any atom is -1.00 e. The summed E-state index contributed by atoms with van der Waals surface area (Å²) in [6, 6.07) is 0. The van der Waals surface area contributed by atoms with Gasteiger partial charge in [0.2, 0.25) is 0 Å². The van der Waals surface area contributed by atoms with E-state index in [1.165, 1.54) is 111 Å². The second-order valence-electron chi connectivity index (χ2n) is 9.24. The summed E-state index contributed by atoms with van der Waals surface area (Å²) in [5.74, 6) is 2.58. The van der Waals surface area contributed by atoms with Crippen LogP contribution in [0.25, 0.3) is 0 Å². The van der Waals surface area contributed by atoms with Crippen LogP contribution in [0.15, 0.2) is 0 Å². The van der Waals surface area contributed by atoms with Gasteiger partial charge in [0.1, 0.15) is 0 Å². The molecule has 6 heteroatoms. The highest BCUT2D eigenvalue weighted by atomic mass is 35.5. The molecule has 0 bridgehead atoms. The van der Waals surface area contributed by atoms with E-state index in [9.17, 15) is 0 Å². The van der Waals surface area contributed by atoms with E-state index in [0.717, 1.165) is 0 Å². The monoisotopic (exact) mass is 476 g/mol. The molecular weight excluding hydrogens is 427 g/mol. The molecule has 0 spiro atoms. The van der Waals surface area contributed by atoms with Gasteiger partial charge in [-0.1, -0.05) is 74.0 Å². The van der Waals surface area contributed by atoms with Gasteiger partial charge >= 0.3 is 0 Å². The van der Waals surface area contributed by atoms with Crippen LogP contribution in [-0.2, 0) is 0 Å². The Morgan fingerprint density at radius 2 is 0.786 bits per heavy atom. The maximum atomic E-state index is 2.41. The van der Waals surface area contributed by atoms with Gasteiger partial charge in [-0.2, -0.15) is 0 Å². The van der Waals surface area contributed by atoms with Crippen LogP contribution in [0.4, 0.5) is 0 Å². The molecule has 0 heterocycles. The molecule has 28 heavy (non-hydrogen) atoms. The first-order valence-electron chi connectivity index (χ1n) is 11.2. The van der Waals surface area contributed by atoms with Crippen molar-refractivity contribution in [1.29, 1.82) is 0 Å². The normalized spacial score (nSPS) is 11.8. The van der Waals surface area contributed by atoms with Gasteiger partial charge in [-0.05, 0) is 25.7 Å². The van der Waals surface area contributed by atoms with E-state index < -0.39 is 0 Å². The second-order valence-corrected chi connectivity index (χ2v) is 11.9. The lowest BCUT2D eigenvalue weighted by atomic mass is 10.1. The molecule has 0 aliphatic carbocycles. The predicted octanol–water partition coefficient (Wildman–Crippen LogP) is 0.469. The zero-order chi connectivity index (χ0) is 19.7. The third-order valence-corrected chi connectivity index (χ3v) is 7.74. The van der Waals surface area contributed by atoms with Gasteiger partial charge in [-0.3, -0.25) is 0 Å². The van der Waals surface area contributed by atoms with Crippen LogP contribution in [0.1, 0.15) is 78.1 Å². The number of unbranched alkanes of at least 4 members (excludes halogenated alkanes) is 8. The molecule has 0 rings (SSSR count). The molecule has 0 aromatic rings. The maximum absolute atomic E-state index is 2.41. The van der Waals surface area contributed by atoms with Crippen molar-refractivity contribution in [2.24, 2.45) is 0 Å². The Morgan fingerprint density at radius 3 is 1.11 bits per heavy atom. The molecule has 0 aliphatic rings. The van der Waals surface area contributed by atoms with Crippen LogP contribution in [0.2, 0.25) is 0 Å². The first kappa shape index (κ1) is 33.8. The van der Waals surface area contributed by atoms with Gasteiger partial charge in [-0.15, -0.1) is 0 Å². The molecule has 0 aromatic heterocycles. The zero-order valence-electron chi connectivity index (χ0n) is 19.8. The van der Waals surface area contributed by atoms with Crippen LogP contribution >= 0.6 is 21.6 Å². The van der Waals surface area contributed by atoms with E-state index in [-0.39, 0.29) is 24.8 Å². The van der Waals surface area contributed by atoms with Crippen molar-refractivity contribution in [3.8, 4) is 0 Å². The predicted molar refractivity (Wildman–Crippen MR) is 126 cm³/mol. The van der Waals surface area contributed by atoms with E-state index >= 15 is 0 Å². The SMILES string of the molecule is CCCCCCC[N+](C)(C)CCSSCC[N+](C)(C)CCCCCCC.[Cl-].[Cl-]. The molecule has 0 N–H and O–H groups in total. The molecule has 0 unspecified atom stereocenters. The molecule has 0 aliphatic heterocycles. The topological polar surface area (TPSA) is 0 Å². The van der Waals surface area contributed by atoms with Crippen molar-refractivity contribution in [3.05, 3.63) is 0 Å². The van der Waals surface area contributed by atoms with Crippen LogP contribution in [-0.4, -0.2) is 74.8 Å². The molecule has 0 amide bonds. The summed E-state index contributed by atoms with van der Waals surface area (Å²) < 4.78 is 2.39. The van der Waals surface area contributed by atoms with Crippen LogP contribution in [0, 0.1) is 0 Å². The zero-order valence-corrected chi connectivity index (χ0v) is 22.9. The number of rotatable bonds is 19. The number of hydrogen-bond donors (Lipinski definition) is 0. The summed E-state index contributed by atoms with van der Waals surface area (Å²) in [5.41, 5.74) is 0. The van der Waals surface area contributed by atoms with E-state index in [2.05, 4.69) is 63.6 Å². The fraction of sp³-hybridized carbons (Fsp3) is 1.00. The fourth-order valence-corrected chi connectivity index (χ4v) is 5.72. The van der Waals surface area contributed by atoms with Crippen molar-refractivity contribution in [2.45, 2.75) is 78.1 Å². The van der Waals surface area contributed by atoms with Crippen molar-refractivity contribution in [2.75, 3.05) is 65.9 Å². The Hall–Kier alpha value is 1.20. The summed E-state index contributed by atoms with van der Waals surface area (Å²) in [6.45, 7) is 9.89. The van der Waals surface area contributed by atoms with Crippen molar-refractivity contribution in [3.63, 3.8) is 0 Å². The summed E-state index contributed by atoms with van der Waals surface area (Å²) in [4.78, 5) is 0. The third kappa shape index (κ3) is 23.5. The molecular formula is C22H50Cl2N2S2. The first-order valence-corrected chi connectivity index (χ1v) is 13.7. The molecule has 0 saturated carbocycles. The van der Waals surface area contributed by atoms with Gasteiger partial charge in [0.15, 0.2) is 0 Å². The van der Waals surface area contributed by atoms with Crippen molar-refractivity contribution < 1.29 is 33.8 Å². The molecule has 0 saturated heterocycles. The Balaban J connectivity index is -0.00000312. The van der Waals surface area contributed by atoms with Gasteiger partial charge in [-0.25, -0.2) is 0 Å². The number of halogens is 2. The average Bonchev–Trinajstić information content (AvgIpc) is 2.57. The number of nitrogens with zero attached hydrogens (tertiary/aromatic N) is 2. The van der Waals surface area contributed by atoms with Gasteiger partial charge in [0, 0.05) is 0 Å². The number of quaternary nitrogens is 2. The lowest BCUT2D eigenvalue weighted by Crippen LogP contribution is -3.00. The molecule has 2 nitrogen and oxygen atoms in total. The lowest BCUT2D eigenvalue weighted by Gasteiger charge is -2.30. The standard InChI is InChI=1S/C22H50N2S2.2ClH/c1-7-9-11-13-15-17-23(3,4)19-21-25-26-22-20-24(5,6)18-16-14-12-10-8-2;;/h7-22H2,1-6H3;2*1H/q+2;;/p-2. The molecule has 174 valence electrons. The molecule has 0 atom stereocenters. The van der Waals surface area contributed by atoms with Crippen molar-refractivity contribution in [1.82, 2.24) is 0 Å². The van der Waals surface area contributed by atoms with Crippen LogP contribution < -0.4 is 24.8 Å². The smallest absolute Gasteiger partial charge is 0.0882 e. The van der Waals surface area contributed by atoms with Gasteiger partial charge in [0.25, 0.3) is 0 Å². The fourth-order valence-electron chi connectivity index (χ4n) is 3.20. The summed E-state index contributed by atoms with van der Waals surface area (Å²) in [6.07, 6.45) is 14.0. The van der Waals surface area contributed by atoms with E-state index in [0.29, 0.717) is 0 Å². The molecule has 0 aromatic carbocycles. The highest BCUT2D eigenvalue weighted by Gasteiger charge is 2.16. The molecule has 0 radical (unpaired) electrons. The highest BCUT2D eigenvalue weighted by Crippen LogP contribution is 2.22. The quantitative estimate of drug-likeness (QED) is 0.151. The second kappa shape index (κ2) is 21.4. The first-order chi connectivity index (χ1) is 12.3. The summed E-state index contributed by atoms with van der Waals surface area (Å²) in [7, 11) is 13.8. The maximum Gasteiger partial charge on any atom is 0.0882 e. The summed E-state index contributed by atoms with van der Waals surface area (Å²) >= 11 is 0. The number of hydrogen-bond acceptors (Lipinski definition) is 2. The molecule has 0 fully saturated rings. The Labute approximate surface area is 198 Å². The van der Waals surface area contributed by atoms with Crippen molar-refractivity contribution >= 4 is 21.6 Å². The third-order valence-electron chi connectivity index (χ3n) is 5.38. The van der Waals surface area contributed by atoms with Crippen LogP contribution in [0.5, 0.6) is 0 Å². The highest BCUT2D eigenvalue weighted by molar-refractivity contribution is 8.76. The van der Waals surface area contributed by atoms with Crippen LogP contribution in [0.3, 0.4) is 0 Å². The largest absolute Gasteiger partial charge is 1.00 e. The lowest BCUT2D eigenvalue weighted by molar-refractivity contribution is -0.888. The minimum atomic E-state index is 0. The van der Waals surface area contributed by atoms with E-state index in [1.54, 1.807) is 0 Å². The summed E-state index contributed by atoms with van der Waals surface area (Å²) in [5, 5.41) is 0. The Morgan fingerprint density at radius 1 is 0.464 bits per heavy atom. The average molecular weight is 478 g/mol. The van der Waals surface area contributed by atoms with Gasteiger partial charge < -0.3 is 33.8 Å². The Bertz CT molecular complexity index is 287. The minimum absolute atomic E-state index is 0.